The highest BCUT2D eigenvalue weighted by Crippen LogP contribution is 2.06. The maximum absolute atomic E-state index is 5.51. The molecule has 2 N–H and O–H groups in total. The topological polar surface area (TPSA) is 35.2 Å². The minimum atomic E-state index is 0.139. The monoisotopic (exact) mass is 179 g/mol. The molecule has 0 saturated carbocycles. The summed E-state index contributed by atoms with van der Waals surface area (Å²) >= 11 is 0. The molecule has 0 aromatic heterocycles. The molecule has 0 bridgehead atoms. The van der Waals surface area contributed by atoms with Crippen molar-refractivity contribution in [3.05, 3.63) is 35.4 Å². The fourth-order valence-electron chi connectivity index (χ4n) is 1.11. The summed E-state index contributed by atoms with van der Waals surface area (Å²) in [4.78, 5) is 0. The van der Waals surface area contributed by atoms with Gasteiger partial charge in [0.05, 0.1) is 12.7 Å². The highest BCUT2D eigenvalue weighted by atomic mass is 16.5. The Labute approximate surface area is 79.7 Å². The zero-order chi connectivity index (χ0) is 9.68. The second-order valence-electron chi connectivity index (χ2n) is 3.35. The van der Waals surface area contributed by atoms with Gasteiger partial charge < -0.3 is 10.5 Å². The van der Waals surface area contributed by atoms with Gasteiger partial charge in [-0.05, 0) is 19.4 Å². The van der Waals surface area contributed by atoms with Crippen LogP contribution < -0.4 is 5.73 Å². The highest BCUT2D eigenvalue weighted by molar-refractivity contribution is 5.21. The molecule has 0 unspecified atom stereocenters. The smallest absolute Gasteiger partial charge is 0.0721 e. The molecule has 0 aliphatic carbocycles. The van der Waals surface area contributed by atoms with Crippen molar-refractivity contribution < 1.29 is 4.74 Å². The fourth-order valence-corrected chi connectivity index (χ4v) is 1.11. The molecule has 2 heteroatoms. The molecule has 0 aliphatic rings. The SMILES string of the molecule is Cc1cccc(CO[C@@H](C)CN)c1. The van der Waals surface area contributed by atoms with E-state index in [0.29, 0.717) is 13.2 Å². The first kappa shape index (κ1) is 10.2. The Bertz CT molecular complexity index is 260. The van der Waals surface area contributed by atoms with Crippen molar-refractivity contribution in [3.8, 4) is 0 Å². The predicted molar refractivity (Wildman–Crippen MR) is 54.5 cm³/mol. The third kappa shape index (κ3) is 3.57. The lowest BCUT2D eigenvalue weighted by Crippen LogP contribution is -2.19. The number of hydrogen-bond acceptors (Lipinski definition) is 2. The van der Waals surface area contributed by atoms with Gasteiger partial charge in [-0.1, -0.05) is 29.8 Å². The zero-order valence-corrected chi connectivity index (χ0v) is 8.29. The van der Waals surface area contributed by atoms with E-state index in [2.05, 4.69) is 25.1 Å². The van der Waals surface area contributed by atoms with Gasteiger partial charge in [0.25, 0.3) is 0 Å². The van der Waals surface area contributed by atoms with E-state index in [1.54, 1.807) is 0 Å². The van der Waals surface area contributed by atoms with Crippen LogP contribution in [0.2, 0.25) is 0 Å². The summed E-state index contributed by atoms with van der Waals surface area (Å²) in [5, 5.41) is 0. The minimum absolute atomic E-state index is 0.139. The predicted octanol–water partition coefficient (Wildman–Crippen LogP) is 1.86. The van der Waals surface area contributed by atoms with Gasteiger partial charge in [0.2, 0.25) is 0 Å². The summed E-state index contributed by atoms with van der Waals surface area (Å²) in [6.45, 7) is 5.29. The largest absolute Gasteiger partial charge is 0.373 e. The van der Waals surface area contributed by atoms with Crippen LogP contribution in [0.15, 0.2) is 24.3 Å². The van der Waals surface area contributed by atoms with E-state index < -0.39 is 0 Å². The van der Waals surface area contributed by atoms with Crippen LogP contribution in [0.4, 0.5) is 0 Å². The van der Waals surface area contributed by atoms with Crippen LogP contribution in [0.5, 0.6) is 0 Å². The van der Waals surface area contributed by atoms with Crippen LogP contribution in [0.25, 0.3) is 0 Å². The summed E-state index contributed by atoms with van der Waals surface area (Å²) in [5.41, 5.74) is 7.91. The molecule has 72 valence electrons. The van der Waals surface area contributed by atoms with E-state index in [-0.39, 0.29) is 6.10 Å². The molecule has 0 spiro atoms. The van der Waals surface area contributed by atoms with Gasteiger partial charge in [0.1, 0.15) is 0 Å². The number of aryl methyl sites for hydroxylation is 1. The zero-order valence-electron chi connectivity index (χ0n) is 8.29. The van der Waals surface area contributed by atoms with Crippen LogP contribution in [-0.2, 0) is 11.3 Å². The molecular formula is C11H17NO. The highest BCUT2D eigenvalue weighted by Gasteiger charge is 1.99. The summed E-state index contributed by atoms with van der Waals surface area (Å²) in [6.07, 6.45) is 0.139. The summed E-state index contributed by atoms with van der Waals surface area (Å²) in [7, 11) is 0. The molecular weight excluding hydrogens is 162 g/mol. The Balaban J connectivity index is 2.45. The van der Waals surface area contributed by atoms with Crippen molar-refractivity contribution in [3.63, 3.8) is 0 Å². The summed E-state index contributed by atoms with van der Waals surface area (Å²) in [6, 6.07) is 8.32. The van der Waals surface area contributed by atoms with Crippen molar-refractivity contribution >= 4 is 0 Å². The Kier molecular flexibility index (Phi) is 3.93. The standard InChI is InChI=1S/C11H17NO/c1-9-4-3-5-11(6-9)8-13-10(2)7-12/h3-6,10H,7-8,12H2,1-2H3/t10-/m0/s1. The van der Waals surface area contributed by atoms with Crippen LogP contribution in [0.1, 0.15) is 18.1 Å². The third-order valence-electron chi connectivity index (χ3n) is 1.95. The molecule has 0 aliphatic heterocycles. The van der Waals surface area contributed by atoms with Crippen LogP contribution >= 0.6 is 0 Å². The molecule has 13 heavy (non-hydrogen) atoms. The van der Waals surface area contributed by atoms with E-state index in [4.69, 9.17) is 10.5 Å². The van der Waals surface area contributed by atoms with Crippen LogP contribution in [0.3, 0.4) is 0 Å². The second-order valence-corrected chi connectivity index (χ2v) is 3.35. The molecule has 1 rings (SSSR count). The fraction of sp³-hybridized carbons (Fsp3) is 0.455. The lowest BCUT2D eigenvalue weighted by molar-refractivity contribution is 0.0589. The van der Waals surface area contributed by atoms with Gasteiger partial charge in [-0.15, -0.1) is 0 Å². The van der Waals surface area contributed by atoms with Gasteiger partial charge >= 0.3 is 0 Å². The van der Waals surface area contributed by atoms with Gasteiger partial charge in [-0.2, -0.15) is 0 Å². The molecule has 0 radical (unpaired) electrons. The Hall–Kier alpha value is -0.860. The lowest BCUT2D eigenvalue weighted by Gasteiger charge is -2.10. The van der Waals surface area contributed by atoms with Gasteiger partial charge in [0, 0.05) is 6.54 Å². The Morgan fingerprint density at radius 2 is 2.23 bits per heavy atom. The van der Waals surface area contributed by atoms with Crippen molar-refractivity contribution in [2.24, 2.45) is 5.73 Å². The first-order valence-corrected chi connectivity index (χ1v) is 4.59. The van der Waals surface area contributed by atoms with E-state index in [1.165, 1.54) is 11.1 Å². The number of nitrogens with two attached hydrogens (primary N) is 1. The molecule has 1 aromatic rings. The maximum atomic E-state index is 5.51. The number of ether oxygens (including phenoxy) is 1. The van der Waals surface area contributed by atoms with Crippen molar-refractivity contribution in [2.45, 2.75) is 26.6 Å². The van der Waals surface area contributed by atoms with E-state index in [9.17, 15) is 0 Å². The molecule has 0 amide bonds. The first-order chi connectivity index (χ1) is 6.22. The first-order valence-electron chi connectivity index (χ1n) is 4.59. The molecule has 1 atom stereocenters. The average molecular weight is 179 g/mol. The van der Waals surface area contributed by atoms with Gasteiger partial charge in [-0.25, -0.2) is 0 Å². The average Bonchev–Trinajstić information content (AvgIpc) is 2.14. The van der Waals surface area contributed by atoms with Crippen LogP contribution in [0, 0.1) is 6.92 Å². The quantitative estimate of drug-likeness (QED) is 0.765. The number of hydrogen-bond donors (Lipinski definition) is 1. The van der Waals surface area contributed by atoms with E-state index in [1.807, 2.05) is 13.0 Å². The van der Waals surface area contributed by atoms with Crippen molar-refractivity contribution in [1.82, 2.24) is 0 Å². The van der Waals surface area contributed by atoms with Crippen molar-refractivity contribution in [1.29, 1.82) is 0 Å². The van der Waals surface area contributed by atoms with E-state index >= 15 is 0 Å². The van der Waals surface area contributed by atoms with Crippen LogP contribution in [-0.4, -0.2) is 12.6 Å². The minimum Gasteiger partial charge on any atom is -0.373 e. The maximum Gasteiger partial charge on any atom is 0.0721 e. The lowest BCUT2D eigenvalue weighted by atomic mass is 10.1. The molecule has 0 heterocycles. The Morgan fingerprint density at radius 1 is 1.46 bits per heavy atom. The van der Waals surface area contributed by atoms with Gasteiger partial charge in [0.15, 0.2) is 0 Å². The number of rotatable bonds is 4. The molecule has 2 nitrogen and oxygen atoms in total. The third-order valence-corrected chi connectivity index (χ3v) is 1.95. The molecule has 0 saturated heterocycles. The van der Waals surface area contributed by atoms with Gasteiger partial charge in [-0.3, -0.25) is 0 Å². The second kappa shape index (κ2) is 5.00. The Morgan fingerprint density at radius 3 is 2.85 bits per heavy atom. The molecule has 0 fully saturated rings. The van der Waals surface area contributed by atoms with E-state index in [0.717, 1.165) is 0 Å². The number of benzene rings is 1. The normalized spacial score (nSPS) is 12.8. The van der Waals surface area contributed by atoms with Crippen molar-refractivity contribution in [2.75, 3.05) is 6.54 Å². The summed E-state index contributed by atoms with van der Waals surface area (Å²) < 4.78 is 5.51. The molecule has 1 aromatic carbocycles. The summed E-state index contributed by atoms with van der Waals surface area (Å²) in [5.74, 6) is 0.